The lowest BCUT2D eigenvalue weighted by molar-refractivity contribution is 0.454. The van der Waals surface area contributed by atoms with Crippen molar-refractivity contribution in [3.8, 4) is 0 Å². The van der Waals surface area contributed by atoms with Crippen molar-refractivity contribution in [1.29, 1.82) is 0 Å². The van der Waals surface area contributed by atoms with Crippen molar-refractivity contribution in [3.63, 3.8) is 0 Å². The minimum atomic E-state index is -0.389. The molecule has 0 aliphatic heterocycles. The van der Waals surface area contributed by atoms with E-state index in [9.17, 15) is 4.39 Å². The molecule has 4 heteroatoms. The van der Waals surface area contributed by atoms with Gasteiger partial charge >= 0.3 is 0 Å². The summed E-state index contributed by atoms with van der Waals surface area (Å²) in [7, 11) is 0. The summed E-state index contributed by atoms with van der Waals surface area (Å²) in [6.07, 6.45) is 8.69. The average molecular weight is 223 g/mol. The first-order valence-corrected chi connectivity index (χ1v) is 6.00. The zero-order valence-corrected chi connectivity index (χ0v) is 9.62. The fourth-order valence-electron chi connectivity index (χ4n) is 2.26. The summed E-state index contributed by atoms with van der Waals surface area (Å²) in [4.78, 5) is 7.88. The molecule has 2 atom stereocenters. The molecule has 1 N–H and O–H groups in total. The average Bonchev–Trinajstić information content (AvgIpc) is 2.48. The van der Waals surface area contributed by atoms with E-state index in [4.69, 9.17) is 0 Å². The predicted molar refractivity (Wildman–Crippen MR) is 61.6 cm³/mol. The third-order valence-corrected chi connectivity index (χ3v) is 3.30. The standard InChI is InChI=1S/C12H18FN3/c1-9-5-3-2-4-6-11(9)16-12-14-7-10(13)8-15-12/h7-9,11H,2-6H2,1H3,(H,14,15,16). The summed E-state index contributed by atoms with van der Waals surface area (Å²) in [5.41, 5.74) is 0. The normalized spacial score (nSPS) is 26.1. The Labute approximate surface area is 95.5 Å². The van der Waals surface area contributed by atoms with Crippen LogP contribution in [0.3, 0.4) is 0 Å². The van der Waals surface area contributed by atoms with Crippen molar-refractivity contribution >= 4 is 5.95 Å². The molecule has 1 aliphatic rings. The van der Waals surface area contributed by atoms with Crippen LogP contribution in [0.1, 0.15) is 39.0 Å². The third-order valence-electron chi connectivity index (χ3n) is 3.30. The molecule has 1 aromatic heterocycles. The Morgan fingerprint density at radius 2 is 1.88 bits per heavy atom. The predicted octanol–water partition coefficient (Wildman–Crippen LogP) is 3.00. The van der Waals surface area contributed by atoms with Gasteiger partial charge in [0.25, 0.3) is 0 Å². The van der Waals surface area contributed by atoms with Crippen molar-refractivity contribution in [2.24, 2.45) is 5.92 Å². The minimum Gasteiger partial charge on any atom is -0.351 e. The number of hydrogen-bond acceptors (Lipinski definition) is 3. The van der Waals surface area contributed by atoms with E-state index < -0.39 is 0 Å². The van der Waals surface area contributed by atoms with Gasteiger partial charge in [0.05, 0.1) is 12.4 Å². The Morgan fingerprint density at radius 3 is 2.62 bits per heavy atom. The lowest BCUT2D eigenvalue weighted by atomic mass is 9.97. The van der Waals surface area contributed by atoms with Gasteiger partial charge in [-0.3, -0.25) is 0 Å². The van der Waals surface area contributed by atoms with Crippen LogP contribution in [-0.4, -0.2) is 16.0 Å². The molecule has 1 aliphatic carbocycles. The SMILES string of the molecule is CC1CCCCCC1Nc1ncc(F)cn1. The zero-order valence-electron chi connectivity index (χ0n) is 9.62. The maximum absolute atomic E-state index is 12.7. The molecular formula is C12H18FN3. The van der Waals surface area contributed by atoms with Gasteiger partial charge in [0.2, 0.25) is 5.95 Å². The summed E-state index contributed by atoms with van der Waals surface area (Å²) in [5, 5.41) is 3.31. The molecule has 0 spiro atoms. The lowest BCUT2D eigenvalue weighted by Gasteiger charge is -2.22. The molecule has 2 unspecified atom stereocenters. The van der Waals surface area contributed by atoms with Crippen LogP contribution >= 0.6 is 0 Å². The van der Waals surface area contributed by atoms with Crippen LogP contribution in [-0.2, 0) is 0 Å². The summed E-state index contributed by atoms with van der Waals surface area (Å²) < 4.78 is 12.7. The Bertz CT molecular complexity index is 326. The summed E-state index contributed by atoms with van der Waals surface area (Å²) in [6, 6.07) is 0.424. The second kappa shape index (κ2) is 5.23. The number of hydrogen-bond donors (Lipinski definition) is 1. The molecule has 1 fully saturated rings. The Kier molecular flexibility index (Phi) is 3.70. The van der Waals surface area contributed by atoms with Gasteiger partial charge in [0, 0.05) is 6.04 Å². The summed E-state index contributed by atoms with van der Waals surface area (Å²) in [5.74, 6) is 0.788. The number of nitrogens with zero attached hydrogens (tertiary/aromatic N) is 2. The molecule has 0 bridgehead atoms. The van der Waals surface area contributed by atoms with E-state index in [0.717, 1.165) is 6.42 Å². The van der Waals surface area contributed by atoms with Gasteiger partial charge in [0.1, 0.15) is 0 Å². The Hall–Kier alpha value is -1.19. The van der Waals surface area contributed by atoms with Crippen molar-refractivity contribution in [3.05, 3.63) is 18.2 Å². The Balaban J connectivity index is 1.99. The van der Waals surface area contributed by atoms with Gasteiger partial charge in [-0.1, -0.05) is 26.2 Å². The van der Waals surface area contributed by atoms with E-state index in [1.54, 1.807) is 0 Å². The van der Waals surface area contributed by atoms with Crippen molar-refractivity contribution in [1.82, 2.24) is 9.97 Å². The highest BCUT2D eigenvalue weighted by atomic mass is 19.1. The highest BCUT2D eigenvalue weighted by Crippen LogP contribution is 2.24. The quantitative estimate of drug-likeness (QED) is 0.783. The molecule has 0 amide bonds. The highest BCUT2D eigenvalue weighted by molar-refractivity contribution is 5.24. The maximum atomic E-state index is 12.7. The lowest BCUT2D eigenvalue weighted by Crippen LogP contribution is -2.27. The van der Waals surface area contributed by atoms with Crippen LogP contribution in [0.15, 0.2) is 12.4 Å². The first kappa shape index (κ1) is 11.3. The van der Waals surface area contributed by atoms with Crippen molar-refractivity contribution in [2.75, 3.05) is 5.32 Å². The molecule has 1 saturated carbocycles. The molecular weight excluding hydrogens is 205 g/mol. The molecule has 0 aromatic carbocycles. The van der Waals surface area contributed by atoms with E-state index in [-0.39, 0.29) is 5.82 Å². The Morgan fingerprint density at radius 1 is 1.19 bits per heavy atom. The fourth-order valence-corrected chi connectivity index (χ4v) is 2.26. The first-order valence-electron chi connectivity index (χ1n) is 6.00. The van der Waals surface area contributed by atoms with Crippen LogP contribution in [0.4, 0.5) is 10.3 Å². The third kappa shape index (κ3) is 2.90. The van der Waals surface area contributed by atoms with Gasteiger partial charge in [0.15, 0.2) is 5.82 Å². The number of halogens is 1. The second-order valence-corrected chi connectivity index (χ2v) is 4.59. The smallest absolute Gasteiger partial charge is 0.223 e. The summed E-state index contributed by atoms with van der Waals surface area (Å²) >= 11 is 0. The number of aromatic nitrogens is 2. The molecule has 3 nitrogen and oxygen atoms in total. The monoisotopic (exact) mass is 223 g/mol. The van der Waals surface area contributed by atoms with Crippen LogP contribution < -0.4 is 5.32 Å². The van der Waals surface area contributed by atoms with E-state index in [2.05, 4.69) is 22.2 Å². The number of anilines is 1. The van der Waals surface area contributed by atoms with Gasteiger partial charge < -0.3 is 5.32 Å². The van der Waals surface area contributed by atoms with Crippen LogP contribution in [0.2, 0.25) is 0 Å². The van der Waals surface area contributed by atoms with Crippen LogP contribution in [0.5, 0.6) is 0 Å². The molecule has 2 rings (SSSR count). The number of rotatable bonds is 2. The molecule has 1 aromatic rings. The van der Waals surface area contributed by atoms with Crippen molar-refractivity contribution < 1.29 is 4.39 Å². The first-order chi connectivity index (χ1) is 7.75. The van der Waals surface area contributed by atoms with E-state index in [0.29, 0.717) is 17.9 Å². The molecule has 88 valence electrons. The van der Waals surface area contributed by atoms with Gasteiger partial charge in [-0.2, -0.15) is 0 Å². The molecule has 0 radical (unpaired) electrons. The topological polar surface area (TPSA) is 37.8 Å². The van der Waals surface area contributed by atoms with Gasteiger partial charge in [-0.15, -0.1) is 0 Å². The van der Waals surface area contributed by atoms with E-state index in [1.165, 1.54) is 38.1 Å². The minimum absolute atomic E-state index is 0.389. The largest absolute Gasteiger partial charge is 0.351 e. The molecule has 16 heavy (non-hydrogen) atoms. The fraction of sp³-hybridized carbons (Fsp3) is 0.667. The second-order valence-electron chi connectivity index (χ2n) is 4.59. The number of nitrogens with one attached hydrogen (secondary N) is 1. The van der Waals surface area contributed by atoms with E-state index in [1.807, 2.05) is 0 Å². The van der Waals surface area contributed by atoms with Crippen LogP contribution in [0, 0.1) is 11.7 Å². The summed E-state index contributed by atoms with van der Waals surface area (Å²) in [6.45, 7) is 2.26. The maximum Gasteiger partial charge on any atom is 0.223 e. The van der Waals surface area contributed by atoms with Crippen LogP contribution in [0.25, 0.3) is 0 Å². The zero-order chi connectivity index (χ0) is 11.4. The van der Waals surface area contributed by atoms with Gasteiger partial charge in [-0.25, -0.2) is 14.4 Å². The molecule has 1 heterocycles. The van der Waals surface area contributed by atoms with Crippen molar-refractivity contribution in [2.45, 2.75) is 45.1 Å². The molecule has 0 saturated heterocycles. The van der Waals surface area contributed by atoms with E-state index >= 15 is 0 Å². The highest BCUT2D eigenvalue weighted by Gasteiger charge is 2.20. The van der Waals surface area contributed by atoms with Gasteiger partial charge in [-0.05, 0) is 18.8 Å².